The summed E-state index contributed by atoms with van der Waals surface area (Å²) >= 11 is 0. The second-order valence-electron chi connectivity index (χ2n) is 5.50. The van der Waals surface area contributed by atoms with Crippen LogP contribution in [0.2, 0.25) is 0 Å². The van der Waals surface area contributed by atoms with Crippen LogP contribution >= 0.6 is 0 Å². The van der Waals surface area contributed by atoms with Crippen LogP contribution in [0.25, 0.3) is 0 Å². The van der Waals surface area contributed by atoms with Crippen LogP contribution < -0.4 is 4.72 Å². The molecular formula is C17H15F2N3O2S. The van der Waals surface area contributed by atoms with Crippen molar-refractivity contribution < 1.29 is 17.2 Å². The van der Waals surface area contributed by atoms with Gasteiger partial charge < -0.3 is 0 Å². The SMILES string of the molecule is Cc1nn(Cc2ccccc2)cc1S(=O)(=O)Nc1ccc(F)c(F)c1. The molecule has 0 radical (unpaired) electrons. The minimum Gasteiger partial charge on any atom is -0.279 e. The first-order valence-electron chi connectivity index (χ1n) is 7.41. The highest BCUT2D eigenvalue weighted by Gasteiger charge is 2.21. The first-order chi connectivity index (χ1) is 11.8. The molecule has 0 aliphatic heterocycles. The summed E-state index contributed by atoms with van der Waals surface area (Å²) in [5, 5.41) is 4.21. The summed E-state index contributed by atoms with van der Waals surface area (Å²) in [5.41, 5.74) is 1.22. The average Bonchev–Trinajstić information content (AvgIpc) is 2.93. The van der Waals surface area contributed by atoms with Gasteiger partial charge in [0.25, 0.3) is 10.0 Å². The molecule has 130 valence electrons. The molecular weight excluding hydrogens is 348 g/mol. The van der Waals surface area contributed by atoms with Gasteiger partial charge in [-0.3, -0.25) is 9.40 Å². The number of nitrogens with one attached hydrogen (secondary N) is 1. The van der Waals surface area contributed by atoms with Crippen molar-refractivity contribution in [2.24, 2.45) is 0 Å². The number of anilines is 1. The zero-order chi connectivity index (χ0) is 18.0. The predicted octanol–water partition coefficient (Wildman–Crippen LogP) is 3.32. The van der Waals surface area contributed by atoms with E-state index in [9.17, 15) is 17.2 Å². The third-order valence-electron chi connectivity index (χ3n) is 3.55. The van der Waals surface area contributed by atoms with Crippen molar-refractivity contribution in [3.05, 3.63) is 77.6 Å². The number of aromatic nitrogens is 2. The van der Waals surface area contributed by atoms with Gasteiger partial charge in [-0.25, -0.2) is 17.2 Å². The van der Waals surface area contributed by atoms with Crippen LogP contribution in [-0.4, -0.2) is 18.2 Å². The summed E-state index contributed by atoms with van der Waals surface area (Å²) in [6.07, 6.45) is 1.41. The molecule has 3 aromatic rings. The monoisotopic (exact) mass is 363 g/mol. The Morgan fingerprint density at radius 3 is 2.48 bits per heavy atom. The Kier molecular flexibility index (Phi) is 4.54. The average molecular weight is 363 g/mol. The minimum atomic E-state index is -3.97. The van der Waals surface area contributed by atoms with E-state index < -0.39 is 21.7 Å². The highest BCUT2D eigenvalue weighted by atomic mass is 32.2. The number of hydrogen-bond donors (Lipinski definition) is 1. The normalized spacial score (nSPS) is 11.5. The molecule has 0 aliphatic rings. The van der Waals surface area contributed by atoms with Crippen LogP contribution in [0.3, 0.4) is 0 Å². The number of benzene rings is 2. The Morgan fingerprint density at radius 2 is 1.80 bits per heavy atom. The molecule has 1 N–H and O–H groups in total. The zero-order valence-corrected chi connectivity index (χ0v) is 14.1. The fraction of sp³-hybridized carbons (Fsp3) is 0.118. The van der Waals surface area contributed by atoms with Gasteiger partial charge in [0.1, 0.15) is 4.90 Å². The first-order valence-corrected chi connectivity index (χ1v) is 8.89. The fourth-order valence-corrected chi connectivity index (χ4v) is 3.62. The number of halogens is 2. The second kappa shape index (κ2) is 6.64. The molecule has 0 unspecified atom stereocenters. The zero-order valence-electron chi connectivity index (χ0n) is 13.3. The van der Waals surface area contributed by atoms with E-state index in [0.717, 1.165) is 23.8 Å². The lowest BCUT2D eigenvalue weighted by molar-refractivity contribution is 0.509. The van der Waals surface area contributed by atoms with E-state index in [1.807, 2.05) is 30.3 Å². The van der Waals surface area contributed by atoms with Crippen molar-refractivity contribution in [3.63, 3.8) is 0 Å². The summed E-state index contributed by atoms with van der Waals surface area (Å²) in [6.45, 7) is 1.99. The van der Waals surface area contributed by atoms with Crippen LogP contribution in [0.5, 0.6) is 0 Å². The van der Waals surface area contributed by atoms with Gasteiger partial charge in [0.15, 0.2) is 11.6 Å². The Morgan fingerprint density at radius 1 is 1.08 bits per heavy atom. The highest BCUT2D eigenvalue weighted by molar-refractivity contribution is 7.92. The molecule has 0 saturated carbocycles. The summed E-state index contributed by atoms with van der Waals surface area (Å²) < 4.78 is 55.0. The van der Waals surface area contributed by atoms with Gasteiger partial charge in [0.2, 0.25) is 0 Å². The van der Waals surface area contributed by atoms with Gasteiger partial charge in [-0.1, -0.05) is 30.3 Å². The first kappa shape index (κ1) is 17.1. The van der Waals surface area contributed by atoms with Crippen molar-refractivity contribution in [1.82, 2.24) is 9.78 Å². The molecule has 5 nitrogen and oxygen atoms in total. The van der Waals surface area contributed by atoms with E-state index in [1.165, 1.54) is 10.9 Å². The molecule has 0 atom stereocenters. The van der Waals surface area contributed by atoms with Crippen molar-refractivity contribution >= 4 is 15.7 Å². The van der Waals surface area contributed by atoms with Crippen LogP contribution in [-0.2, 0) is 16.6 Å². The van der Waals surface area contributed by atoms with Crippen LogP contribution in [0, 0.1) is 18.6 Å². The Balaban J connectivity index is 1.86. The van der Waals surface area contributed by atoms with Crippen molar-refractivity contribution in [3.8, 4) is 0 Å². The summed E-state index contributed by atoms with van der Waals surface area (Å²) in [5.74, 6) is -2.17. The maximum atomic E-state index is 13.3. The molecule has 0 fully saturated rings. The van der Waals surface area contributed by atoms with E-state index in [1.54, 1.807) is 6.92 Å². The topological polar surface area (TPSA) is 64.0 Å². The summed E-state index contributed by atoms with van der Waals surface area (Å²) in [6, 6.07) is 12.3. The van der Waals surface area contributed by atoms with E-state index in [4.69, 9.17) is 0 Å². The number of sulfonamides is 1. The van der Waals surface area contributed by atoms with Gasteiger partial charge in [-0.2, -0.15) is 5.10 Å². The maximum Gasteiger partial charge on any atom is 0.265 e. The largest absolute Gasteiger partial charge is 0.279 e. The fourth-order valence-electron chi connectivity index (χ4n) is 2.38. The van der Waals surface area contributed by atoms with E-state index in [0.29, 0.717) is 12.2 Å². The Labute approximate surface area is 144 Å². The van der Waals surface area contributed by atoms with Gasteiger partial charge in [0, 0.05) is 12.3 Å². The van der Waals surface area contributed by atoms with Gasteiger partial charge in [-0.05, 0) is 24.6 Å². The van der Waals surface area contributed by atoms with E-state index >= 15 is 0 Å². The third-order valence-corrected chi connectivity index (χ3v) is 5.03. The molecule has 1 aromatic heterocycles. The van der Waals surface area contributed by atoms with Crippen LogP contribution in [0.15, 0.2) is 59.6 Å². The van der Waals surface area contributed by atoms with Gasteiger partial charge in [0.05, 0.1) is 17.9 Å². The molecule has 1 heterocycles. The summed E-state index contributed by atoms with van der Waals surface area (Å²) in [4.78, 5) is -0.0202. The molecule has 0 spiro atoms. The van der Waals surface area contributed by atoms with Crippen molar-refractivity contribution in [2.75, 3.05) is 4.72 Å². The number of rotatable bonds is 5. The van der Waals surface area contributed by atoms with Gasteiger partial charge in [-0.15, -0.1) is 0 Å². The molecule has 0 amide bonds. The lowest BCUT2D eigenvalue weighted by Gasteiger charge is -2.07. The number of aryl methyl sites for hydroxylation is 1. The maximum absolute atomic E-state index is 13.3. The lowest BCUT2D eigenvalue weighted by Crippen LogP contribution is -2.13. The van der Waals surface area contributed by atoms with E-state index in [2.05, 4.69) is 9.82 Å². The lowest BCUT2D eigenvalue weighted by atomic mass is 10.2. The molecule has 0 saturated heterocycles. The van der Waals surface area contributed by atoms with Crippen LogP contribution in [0.4, 0.5) is 14.5 Å². The van der Waals surface area contributed by atoms with Crippen molar-refractivity contribution in [2.45, 2.75) is 18.4 Å². The number of nitrogens with zero attached hydrogens (tertiary/aromatic N) is 2. The molecule has 0 aliphatic carbocycles. The smallest absolute Gasteiger partial charge is 0.265 e. The number of hydrogen-bond acceptors (Lipinski definition) is 3. The van der Waals surface area contributed by atoms with Crippen molar-refractivity contribution in [1.29, 1.82) is 0 Å². The molecule has 0 bridgehead atoms. The standard InChI is InChI=1S/C17H15F2N3O2S/c1-12-17(11-22(20-12)10-13-5-3-2-4-6-13)25(23,24)21-14-7-8-15(18)16(19)9-14/h2-9,11,21H,10H2,1H3. The molecule has 8 heteroatoms. The predicted molar refractivity (Wildman–Crippen MR) is 89.7 cm³/mol. The Bertz CT molecular complexity index is 1000. The molecule has 25 heavy (non-hydrogen) atoms. The van der Waals surface area contributed by atoms with E-state index in [-0.39, 0.29) is 10.6 Å². The minimum absolute atomic E-state index is 0.0202. The van der Waals surface area contributed by atoms with Gasteiger partial charge >= 0.3 is 0 Å². The van der Waals surface area contributed by atoms with Crippen LogP contribution in [0.1, 0.15) is 11.3 Å². The highest BCUT2D eigenvalue weighted by Crippen LogP contribution is 2.20. The second-order valence-corrected chi connectivity index (χ2v) is 7.15. The summed E-state index contributed by atoms with van der Waals surface area (Å²) in [7, 11) is -3.97. The quantitative estimate of drug-likeness (QED) is 0.756. The Hall–Kier alpha value is -2.74. The molecule has 2 aromatic carbocycles. The third kappa shape index (κ3) is 3.85. The molecule has 3 rings (SSSR count).